The fourth-order valence-corrected chi connectivity index (χ4v) is 3.91. The predicted molar refractivity (Wildman–Crippen MR) is 84.3 cm³/mol. The summed E-state index contributed by atoms with van der Waals surface area (Å²) in [5, 5.41) is 4.23. The van der Waals surface area contributed by atoms with Crippen molar-refractivity contribution >= 4 is 17.2 Å². The van der Waals surface area contributed by atoms with Crippen molar-refractivity contribution in [2.75, 3.05) is 13.3 Å². The van der Waals surface area contributed by atoms with Crippen LogP contribution < -0.4 is 9.47 Å². The Kier molecular flexibility index (Phi) is 3.50. The molecule has 0 N–H and O–H groups in total. The molecule has 5 heteroatoms. The van der Waals surface area contributed by atoms with Gasteiger partial charge in [-0.25, -0.2) is 0 Å². The van der Waals surface area contributed by atoms with E-state index in [4.69, 9.17) is 9.47 Å². The molecule has 2 aliphatic rings. The van der Waals surface area contributed by atoms with Crippen LogP contribution >= 0.6 is 11.3 Å². The molecule has 3 heterocycles. The zero-order chi connectivity index (χ0) is 14.9. The van der Waals surface area contributed by atoms with Crippen molar-refractivity contribution in [3.8, 4) is 11.5 Å². The molecular formula is C17H17NO3S. The number of amides is 1. The Bertz CT molecular complexity index is 683. The van der Waals surface area contributed by atoms with E-state index < -0.39 is 0 Å². The van der Waals surface area contributed by atoms with Crippen molar-refractivity contribution in [3.05, 3.63) is 46.2 Å². The number of ether oxygens (including phenoxy) is 2. The number of carbonyl (C=O) groups is 1. The predicted octanol–water partition coefficient (Wildman–Crippen LogP) is 3.38. The van der Waals surface area contributed by atoms with Gasteiger partial charge < -0.3 is 14.4 Å². The first-order valence-electron chi connectivity index (χ1n) is 7.51. The van der Waals surface area contributed by atoms with Crippen LogP contribution in [-0.2, 0) is 11.2 Å². The molecule has 2 aliphatic heterocycles. The van der Waals surface area contributed by atoms with Crippen molar-refractivity contribution in [2.24, 2.45) is 0 Å². The van der Waals surface area contributed by atoms with Crippen LogP contribution in [0.3, 0.4) is 0 Å². The van der Waals surface area contributed by atoms with Crippen molar-refractivity contribution < 1.29 is 14.3 Å². The van der Waals surface area contributed by atoms with Gasteiger partial charge in [-0.15, -0.1) is 0 Å². The lowest BCUT2D eigenvalue weighted by atomic mass is 10.1. The molecule has 2 aromatic rings. The highest BCUT2D eigenvalue weighted by Crippen LogP contribution is 2.35. The van der Waals surface area contributed by atoms with Crippen LogP contribution in [0.5, 0.6) is 11.5 Å². The summed E-state index contributed by atoms with van der Waals surface area (Å²) in [5.74, 6) is 1.68. The van der Waals surface area contributed by atoms with E-state index in [0.717, 1.165) is 36.4 Å². The van der Waals surface area contributed by atoms with E-state index in [1.54, 1.807) is 11.3 Å². The second-order valence-electron chi connectivity index (χ2n) is 5.67. The zero-order valence-corrected chi connectivity index (χ0v) is 13.0. The molecule has 22 heavy (non-hydrogen) atoms. The third kappa shape index (κ3) is 2.46. The van der Waals surface area contributed by atoms with Gasteiger partial charge in [-0.3, -0.25) is 4.79 Å². The lowest BCUT2D eigenvalue weighted by Gasteiger charge is -2.24. The second kappa shape index (κ2) is 5.65. The molecule has 0 saturated carbocycles. The van der Waals surface area contributed by atoms with Gasteiger partial charge in [0.1, 0.15) is 0 Å². The van der Waals surface area contributed by atoms with Gasteiger partial charge in [0.05, 0.1) is 12.5 Å². The Hall–Kier alpha value is -2.01. The second-order valence-corrected chi connectivity index (χ2v) is 6.45. The van der Waals surface area contributed by atoms with E-state index in [9.17, 15) is 4.79 Å². The fourth-order valence-electron chi connectivity index (χ4n) is 3.20. The monoisotopic (exact) mass is 315 g/mol. The number of hydrogen-bond acceptors (Lipinski definition) is 4. The minimum atomic E-state index is 0.188. The number of likely N-dealkylation sites (tertiary alicyclic amines) is 1. The SMILES string of the molecule is O=C(Cc1ccc2c(c1)OCO2)N1CCCC1c1ccsc1. The summed E-state index contributed by atoms with van der Waals surface area (Å²) in [4.78, 5) is 14.7. The van der Waals surface area contributed by atoms with Crippen molar-refractivity contribution in [1.29, 1.82) is 0 Å². The van der Waals surface area contributed by atoms with Gasteiger partial charge in [-0.1, -0.05) is 6.07 Å². The molecule has 1 unspecified atom stereocenters. The van der Waals surface area contributed by atoms with Crippen molar-refractivity contribution in [2.45, 2.75) is 25.3 Å². The van der Waals surface area contributed by atoms with Crippen molar-refractivity contribution in [1.82, 2.24) is 4.90 Å². The molecule has 0 radical (unpaired) electrons. The van der Waals surface area contributed by atoms with Crippen LogP contribution in [0.4, 0.5) is 0 Å². The fraction of sp³-hybridized carbons (Fsp3) is 0.353. The molecule has 1 saturated heterocycles. The minimum absolute atomic E-state index is 0.188. The Morgan fingerprint density at radius 2 is 2.18 bits per heavy atom. The maximum absolute atomic E-state index is 12.7. The smallest absolute Gasteiger partial charge is 0.231 e. The van der Waals surface area contributed by atoms with Crippen LogP contribution in [0.1, 0.15) is 30.0 Å². The van der Waals surface area contributed by atoms with Crippen molar-refractivity contribution in [3.63, 3.8) is 0 Å². The Morgan fingerprint density at radius 1 is 1.27 bits per heavy atom. The van der Waals surface area contributed by atoms with E-state index in [1.807, 2.05) is 23.1 Å². The maximum Gasteiger partial charge on any atom is 0.231 e. The van der Waals surface area contributed by atoms with Gasteiger partial charge in [0.25, 0.3) is 0 Å². The molecule has 0 bridgehead atoms. The molecular weight excluding hydrogens is 298 g/mol. The van der Waals surface area contributed by atoms with E-state index in [0.29, 0.717) is 6.42 Å². The highest BCUT2D eigenvalue weighted by atomic mass is 32.1. The number of fused-ring (bicyclic) bond motifs is 1. The van der Waals surface area contributed by atoms with Gasteiger partial charge in [0.2, 0.25) is 12.7 Å². The van der Waals surface area contributed by atoms with Crippen LogP contribution in [-0.4, -0.2) is 24.1 Å². The average Bonchev–Trinajstić information content (AvgIpc) is 3.26. The van der Waals surface area contributed by atoms with Gasteiger partial charge in [0.15, 0.2) is 11.5 Å². The van der Waals surface area contributed by atoms with Gasteiger partial charge in [-0.05, 0) is 52.9 Å². The van der Waals surface area contributed by atoms with Crippen LogP contribution in [0.25, 0.3) is 0 Å². The first-order valence-corrected chi connectivity index (χ1v) is 8.45. The highest BCUT2D eigenvalue weighted by Gasteiger charge is 2.30. The molecule has 1 fully saturated rings. The molecule has 1 amide bonds. The summed E-state index contributed by atoms with van der Waals surface area (Å²) < 4.78 is 10.7. The largest absolute Gasteiger partial charge is 0.454 e. The summed E-state index contributed by atoms with van der Waals surface area (Å²) >= 11 is 1.69. The normalized spacial score (nSPS) is 19.6. The molecule has 4 rings (SSSR count). The lowest BCUT2D eigenvalue weighted by Crippen LogP contribution is -2.31. The minimum Gasteiger partial charge on any atom is -0.454 e. The Labute approximate surface area is 133 Å². The summed E-state index contributed by atoms with van der Waals surface area (Å²) in [7, 11) is 0. The lowest BCUT2D eigenvalue weighted by molar-refractivity contribution is -0.131. The van der Waals surface area contributed by atoms with E-state index in [2.05, 4.69) is 16.8 Å². The summed E-state index contributed by atoms with van der Waals surface area (Å²) in [6, 6.07) is 8.11. The number of thiophene rings is 1. The Morgan fingerprint density at radius 3 is 3.05 bits per heavy atom. The van der Waals surface area contributed by atoms with Crippen LogP contribution in [0, 0.1) is 0 Å². The number of benzene rings is 1. The quantitative estimate of drug-likeness (QED) is 0.871. The third-order valence-electron chi connectivity index (χ3n) is 4.29. The zero-order valence-electron chi connectivity index (χ0n) is 12.2. The standard InChI is InChI=1S/C17H17NO3S/c19-17(9-12-3-4-15-16(8-12)21-11-20-15)18-6-1-2-14(18)13-5-7-22-10-13/h3-5,7-8,10,14H,1-2,6,9,11H2. The van der Waals surface area contributed by atoms with Gasteiger partial charge in [0, 0.05) is 6.54 Å². The Balaban J connectivity index is 1.49. The van der Waals surface area contributed by atoms with Gasteiger partial charge in [-0.2, -0.15) is 11.3 Å². The van der Waals surface area contributed by atoms with E-state index in [-0.39, 0.29) is 18.7 Å². The number of carbonyl (C=O) groups excluding carboxylic acids is 1. The molecule has 1 aromatic heterocycles. The van der Waals surface area contributed by atoms with E-state index in [1.165, 1.54) is 5.56 Å². The average molecular weight is 315 g/mol. The number of hydrogen-bond donors (Lipinski definition) is 0. The van der Waals surface area contributed by atoms with Gasteiger partial charge >= 0.3 is 0 Å². The maximum atomic E-state index is 12.7. The number of rotatable bonds is 3. The van der Waals surface area contributed by atoms with E-state index >= 15 is 0 Å². The molecule has 4 nitrogen and oxygen atoms in total. The third-order valence-corrected chi connectivity index (χ3v) is 4.99. The number of nitrogens with zero attached hydrogens (tertiary/aromatic N) is 1. The van der Waals surface area contributed by atoms with Crippen LogP contribution in [0.15, 0.2) is 35.0 Å². The molecule has 114 valence electrons. The highest BCUT2D eigenvalue weighted by molar-refractivity contribution is 7.07. The first kappa shape index (κ1) is 13.6. The molecule has 1 aromatic carbocycles. The molecule has 0 spiro atoms. The molecule has 0 aliphatic carbocycles. The summed E-state index contributed by atoms with van der Waals surface area (Å²) in [6.45, 7) is 1.11. The first-order chi connectivity index (χ1) is 10.8. The molecule has 1 atom stereocenters. The summed E-state index contributed by atoms with van der Waals surface area (Å²) in [5.41, 5.74) is 2.24. The van der Waals surface area contributed by atoms with Crippen LogP contribution in [0.2, 0.25) is 0 Å². The topological polar surface area (TPSA) is 38.8 Å². The summed E-state index contributed by atoms with van der Waals surface area (Å²) in [6.07, 6.45) is 2.55.